The molecule has 54 heavy (non-hydrogen) atoms. The molecule has 0 saturated heterocycles. The average Bonchev–Trinajstić information content (AvgIpc) is 3.14. The number of allylic oxidation sites excluding steroid dienone is 12. The largest absolute Gasteiger partial charge is 0.469 e. The molecule has 0 amide bonds. The molecule has 1 atom stereocenters. The third-order valence-electron chi connectivity index (χ3n) is 8.71. The highest BCUT2D eigenvalue weighted by Gasteiger charge is 2.22. The summed E-state index contributed by atoms with van der Waals surface area (Å²) in [6, 6.07) is 0. The number of esters is 2. The summed E-state index contributed by atoms with van der Waals surface area (Å²) < 4.78 is 26.3. The number of hydrogen-bond donors (Lipinski definition) is 2. The Kier molecular flexibility index (Phi) is 38.3. The van der Waals surface area contributed by atoms with E-state index >= 15 is 0 Å². The predicted octanol–water partition coefficient (Wildman–Crippen LogP) is 13.1. The van der Waals surface area contributed by atoms with Crippen LogP contribution in [0.4, 0.5) is 0 Å². The number of hydrogen-bond acceptors (Lipinski definition) is 6. The van der Waals surface area contributed by atoms with E-state index in [4.69, 9.17) is 19.3 Å². The highest BCUT2D eigenvalue weighted by Crippen LogP contribution is 2.36. The lowest BCUT2D eigenvalue weighted by molar-refractivity contribution is -0.161. The van der Waals surface area contributed by atoms with Crippen LogP contribution in [0, 0.1) is 0 Å². The Labute approximate surface area is 329 Å². The highest BCUT2D eigenvalue weighted by molar-refractivity contribution is 7.46. The van der Waals surface area contributed by atoms with Crippen molar-refractivity contribution < 1.29 is 37.9 Å². The first-order chi connectivity index (χ1) is 26.3. The normalized spacial score (nSPS) is 13.2. The topological polar surface area (TPSA) is 119 Å². The molecule has 0 aliphatic rings. The minimum absolute atomic E-state index is 0.185. The van der Waals surface area contributed by atoms with Crippen molar-refractivity contribution in [3.8, 4) is 0 Å². The Morgan fingerprint density at radius 3 is 1.41 bits per heavy atom. The van der Waals surface area contributed by atoms with Crippen LogP contribution in [-0.2, 0) is 28.2 Å². The van der Waals surface area contributed by atoms with E-state index in [0.717, 1.165) is 64.2 Å². The number of rotatable bonds is 38. The lowest BCUT2D eigenvalue weighted by Gasteiger charge is -2.18. The summed E-state index contributed by atoms with van der Waals surface area (Å²) in [5.41, 5.74) is 0. The van der Waals surface area contributed by atoms with Gasteiger partial charge in [0.1, 0.15) is 6.61 Å². The summed E-state index contributed by atoms with van der Waals surface area (Å²) in [5.74, 6) is -0.961. The first-order valence-electron chi connectivity index (χ1n) is 21.2. The zero-order valence-corrected chi connectivity index (χ0v) is 35.0. The molecular formula is C45H77O8P. The summed E-state index contributed by atoms with van der Waals surface area (Å²) in [6.07, 6.45) is 52.0. The molecule has 0 aromatic heterocycles. The molecule has 0 fully saturated rings. The predicted molar refractivity (Wildman–Crippen MR) is 225 cm³/mol. The van der Waals surface area contributed by atoms with Gasteiger partial charge < -0.3 is 19.3 Å². The maximum atomic E-state index is 12.4. The first-order valence-corrected chi connectivity index (χ1v) is 22.8. The maximum Gasteiger partial charge on any atom is 0.469 e. The zero-order chi connectivity index (χ0) is 39.6. The maximum absolute atomic E-state index is 12.4. The van der Waals surface area contributed by atoms with Crippen LogP contribution in [0.5, 0.6) is 0 Å². The lowest BCUT2D eigenvalue weighted by atomic mass is 10.1. The van der Waals surface area contributed by atoms with Crippen LogP contribution < -0.4 is 0 Å². The van der Waals surface area contributed by atoms with Gasteiger partial charge in [-0.2, -0.15) is 0 Å². The minimum atomic E-state index is -4.77. The van der Waals surface area contributed by atoms with Gasteiger partial charge in [0, 0.05) is 12.8 Å². The van der Waals surface area contributed by atoms with Gasteiger partial charge in [0.2, 0.25) is 0 Å². The molecule has 9 heteroatoms. The number of carbonyl (C=O) groups excluding carboxylic acids is 2. The standard InChI is InChI=1S/C45H77O8P/c1-3-5-7-9-11-13-15-17-19-21-22-24-26-28-30-32-34-36-38-40-45(47)53-43(42-52-54(48,49)50)41-51-44(46)39-37-35-33-31-29-27-25-23-20-18-16-14-12-10-8-6-4-2/h6,8,12,14,18,20-22,25,27,31,33,43H,3-5,7,9-11,13,15-17,19,23-24,26,28-30,32,34-42H2,1-2H3,(H2,48,49,50)/b8-6-,14-12-,20-18-,22-21-,27-25-,33-31-/t43-/m1/s1. The molecule has 0 aromatic rings. The molecule has 0 heterocycles. The van der Waals surface area contributed by atoms with Crippen molar-refractivity contribution in [2.75, 3.05) is 13.2 Å². The van der Waals surface area contributed by atoms with Gasteiger partial charge in [0.25, 0.3) is 0 Å². The van der Waals surface area contributed by atoms with Crippen LogP contribution in [-0.4, -0.2) is 41.0 Å². The molecular weight excluding hydrogens is 699 g/mol. The van der Waals surface area contributed by atoms with Crippen molar-refractivity contribution in [1.82, 2.24) is 0 Å². The molecule has 0 aromatic carbocycles. The van der Waals surface area contributed by atoms with Crippen molar-refractivity contribution in [2.24, 2.45) is 0 Å². The molecule has 0 unspecified atom stereocenters. The molecule has 0 rings (SSSR count). The third kappa shape index (κ3) is 42.2. The number of phosphoric ester groups is 1. The van der Waals surface area contributed by atoms with Crippen LogP contribution in [0.1, 0.15) is 181 Å². The van der Waals surface area contributed by atoms with Gasteiger partial charge in [-0.25, -0.2) is 4.57 Å². The zero-order valence-electron chi connectivity index (χ0n) is 34.1. The molecule has 310 valence electrons. The molecule has 0 radical (unpaired) electrons. The second-order valence-electron chi connectivity index (χ2n) is 13.9. The van der Waals surface area contributed by atoms with Gasteiger partial charge in [0.15, 0.2) is 6.10 Å². The second kappa shape index (κ2) is 40.2. The molecule has 0 saturated carbocycles. The van der Waals surface area contributed by atoms with Gasteiger partial charge in [0.05, 0.1) is 6.61 Å². The SMILES string of the molecule is CC/C=C\C/C=C\C/C=C\C/C=C\C/C=C\CCCC(=O)OC[C@H](COP(=O)(O)O)OC(=O)CCCCCCCCC/C=C\CCCCCCCCCC. The van der Waals surface area contributed by atoms with Gasteiger partial charge in [-0.05, 0) is 77.0 Å². The molecule has 0 aliphatic carbocycles. The van der Waals surface area contributed by atoms with E-state index in [1.54, 1.807) is 0 Å². The molecule has 8 nitrogen and oxygen atoms in total. The van der Waals surface area contributed by atoms with E-state index in [1.807, 2.05) is 6.08 Å². The van der Waals surface area contributed by atoms with E-state index < -0.39 is 32.5 Å². The Balaban J connectivity index is 4.01. The highest BCUT2D eigenvalue weighted by atomic mass is 31.2. The van der Waals surface area contributed by atoms with Gasteiger partial charge in [-0.1, -0.05) is 164 Å². The summed E-state index contributed by atoms with van der Waals surface area (Å²) in [7, 11) is -4.77. The van der Waals surface area contributed by atoms with Crippen molar-refractivity contribution in [1.29, 1.82) is 0 Å². The van der Waals surface area contributed by atoms with Crippen molar-refractivity contribution in [3.05, 3.63) is 72.9 Å². The minimum Gasteiger partial charge on any atom is -0.462 e. The number of carbonyl (C=O) groups is 2. The van der Waals surface area contributed by atoms with E-state index in [0.29, 0.717) is 12.8 Å². The average molecular weight is 777 g/mol. The van der Waals surface area contributed by atoms with Crippen molar-refractivity contribution in [2.45, 2.75) is 187 Å². The van der Waals surface area contributed by atoms with Crippen molar-refractivity contribution >= 4 is 19.8 Å². The second-order valence-corrected chi connectivity index (χ2v) is 15.2. The van der Waals surface area contributed by atoms with E-state index in [1.165, 1.54) is 77.0 Å². The van der Waals surface area contributed by atoms with E-state index in [-0.39, 0.29) is 19.4 Å². The molecule has 0 bridgehead atoms. The summed E-state index contributed by atoms with van der Waals surface area (Å²) >= 11 is 0. The molecule has 0 spiro atoms. The smallest absolute Gasteiger partial charge is 0.462 e. The van der Waals surface area contributed by atoms with Gasteiger partial charge in [-0.3, -0.25) is 14.1 Å². The number of unbranched alkanes of at least 4 members (excludes halogenated alkanes) is 16. The Morgan fingerprint density at radius 2 is 0.907 bits per heavy atom. The van der Waals surface area contributed by atoms with Crippen LogP contribution in [0.3, 0.4) is 0 Å². The van der Waals surface area contributed by atoms with Crippen LogP contribution in [0.25, 0.3) is 0 Å². The van der Waals surface area contributed by atoms with Crippen LogP contribution >= 0.6 is 7.82 Å². The van der Waals surface area contributed by atoms with Crippen LogP contribution in [0.15, 0.2) is 72.9 Å². The summed E-state index contributed by atoms with van der Waals surface area (Å²) in [5, 5.41) is 0. The Bertz CT molecular complexity index is 1100. The third-order valence-corrected chi connectivity index (χ3v) is 9.19. The quantitative estimate of drug-likeness (QED) is 0.0275. The number of phosphoric acid groups is 1. The number of ether oxygens (including phenoxy) is 2. The first kappa shape index (κ1) is 51.5. The fraction of sp³-hybridized carbons (Fsp3) is 0.689. The Hall–Kier alpha value is -2.51. The van der Waals surface area contributed by atoms with Gasteiger partial charge >= 0.3 is 19.8 Å². The van der Waals surface area contributed by atoms with E-state index in [9.17, 15) is 14.2 Å². The van der Waals surface area contributed by atoms with Gasteiger partial charge in [-0.15, -0.1) is 0 Å². The lowest BCUT2D eigenvalue weighted by Crippen LogP contribution is -2.29. The fourth-order valence-electron chi connectivity index (χ4n) is 5.58. The van der Waals surface area contributed by atoms with Crippen LogP contribution in [0.2, 0.25) is 0 Å². The Morgan fingerprint density at radius 1 is 0.500 bits per heavy atom. The fourth-order valence-corrected chi connectivity index (χ4v) is 5.94. The van der Waals surface area contributed by atoms with Crippen molar-refractivity contribution in [3.63, 3.8) is 0 Å². The molecule has 2 N–H and O–H groups in total. The summed E-state index contributed by atoms with van der Waals surface area (Å²) in [6.45, 7) is 3.52. The summed E-state index contributed by atoms with van der Waals surface area (Å²) in [4.78, 5) is 42.8. The molecule has 0 aliphatic heterocycles. The monoisotopic (exact) mass is 777 g/mol. The van der Waals surface area contributed by atoms with E-state index in [2.05, 4.69) is 85.2 Å².